The van der Waals surface area contributed by atoms with E-state index in [9.17, 15) is 4.79 Å². The second-order valence-corrected chi connectivity index (χ2v) is 6.01. The largest absolute Gasteiger partial charge is 0.465 e. The van der Waals surface area contributed by atoms with E-state index in [4.69, 9.17) is 4.74 Å². The summed E-state index contributed by atoms with van der Waals surface area (Å²) in [6, 6.07) is 0. The zero-order chi connectivity index (χ0) is 14.5. The van der Waals surface area contributed by atoms with Crippen LogP contribution in [-0.4, -0.2) is 12.6 Å². The number of hydrogen-bond donors (Lipinski definition) is 0. The number of carbonyl (C=O) groups is 1. The predicted molar refractivity (Wildman–Crippen MR) is 82.2 cm³/mol. The number of rotatable bonds is 12. The second-order valence-electron chi connectivity index (χ2n) is 6.01. The summed E-state index contributed by atoms with van der Waals surface area (Å²) in [7, 11) is 0. The molecule has 0 amide bonds. The Labute approximate surface area is 120 Å². The third kappa shape index (κ3) is 11.0. The van der Waals surface area contributed by atoms with Crippen LogP contribution in [0.1, 0.15) is 85.5 Å². The van der Waals surface area contributed by atoms with Crippen LogP contribution < -0.4 is 0 Å². The molecule has 0 aromatic carbocycles. The molecule has 0 radical (unpaired) electrons. The van der Waals surface area contributed by atoms with Gasteiger partial charge in [0.25, 0.3) is 0 Å². The molecule has 114 valence electrons. The SMILES string of the molecule is CCCCCCC(CC)C(=O)OCCCCC(C)C. The summed E-state index contributed by atoms with van der Waals surface area (Å²) in [5.41, 5.74) is 0. The number of unbranched alkanes of at least 4 members (excludes halogenated alkanes) is 4. The van der Waals surface area contributed by atoms with E-state index in [0.29, 0.717) is 6.61 Å². The van der Waals surface area contributed by atoms with Crippen molar-refractivity contribution in [3.8, 4) is 0 Å². The Kier molecular flexibility index (Phi) is 12.2. The molecule has 0 spiro atoms. The average molecular weight is 270 g/mol. The van der Waals surface area contributed by atoms with Gasteiger partial charge >= 0.3 is 5.97 Å². The van der Waals surface area contributed by atoms with Crippen molar-refractivity contribution in [1.82, 2.24) is 0 Å². The van der Waals surface area contributed by atoms with Crippen molar-refractivity contribution >= 4 is 5.97 Å². The summed E-state index contributed by atoms with van der Waals surface area (Å²) in [5.74, 6) is 0.906. The third-order valence-corrected chi connectivity index (χ3v) is 3.65. The summed E-state index contributed by atoms with van der Waals surface area (Å²) in [4.78, 5) is 11.9. The van der Waals surface area contributed by atoms with Gasteiger partial charge in [-0.05, 0) is 31.6 Å². The van der Waals surface area contributed by atoms with E-state index in [1.54, 1.807) is 0 Å². The fourth-order valence-corrected chi connectivity index (χ4v) is 2.25. The normalized spacial score (nSPS) is 12.7. The molecule has 0 saturated heterocycles. The summed E-state index contributed by atoms with van der Waals surface area (Å²) in [6.07, 6.45) is 10.2. The van der Waals surface area contributed by atoms with Crippen LogP contribution in [0.2, 0.25) is 0 Å². The molecule has 0 aliphatic rings. The van der Waals surface area contributed by atoms with E-state index in [-0.39, 0.29) is 11.9 Å². The maximum Gasteiger partial charge on any atom is 0.308 e. The van der Waals surface area contributed by atoms with E-state index < -0.39 is 0 Å². The van der Waals surface area contributed by atoms with Crippen LogP contribution in [0.5, 0.6) is 0 Å². The predicted octanol–water partition coefficient (Wildman–Crippen LogP) is 5.35. The van der Waals surface area contributed by atoms with Gasteiger partial charge in [0.15, 0.2) is 0 Å². The highest BCUT2D eigenvalue weighted by atomic mass is 16.5. The minimum absolute atomic E-state index is 0.0311. The Morgan fingerprint density at radius 2 is 1.63 bits per heavy atom. The van der Waals surface area contributed by atoms with Gasteiger partial charge in [0, 0.05) is 0 Å². The van der Waals surface area contributed by atoms with Crippen molar-refractivity contribution in [2.24, 2.45) is 11.8 Å². The van der Waals surface area contributed by atoms with E-state index in [1.165, 1.54) is 25.7 Å². The molecule has 0 heterocycles. The fourth-order valence-electron chi connectivity index (χ4n) is 2.25. The molecule has 1 atom stereocenters. The Morgan fingerprint density at radius 1 is 0.947 bits per heavy atom. The summed E-state index contributed by atoms with van der Waals surface area (Å²) in [5, 5.41) is 0. The van der Waals surface area contributed by atoms with Crippen LogP contribution in [0.3, 0.4) is 0 Å². The second kappa shape index (κ2) is 12.5. The molecule has 1 unspecified atom stereocenters. The molecular formula is C17H34O2. The Bertz CT molecular complexity index is 211. The molecule has 0 fully saturated rings. The molecule has 2 heteroatoms. The monoisotopic (exact) mass is 270 g/mol. The summed E-state index contributed by atoms with van der Waals surface area (Å²) >= 11 is 0. The van der Waals surface area contributed by atoms with Gasteiger partial charge in [-0.25, -0.2) is 0 Å². The van der Waals surface area contributed by atoms with Crippen molar-refractivity contribution in [3.63, 3.8) is 0 Å². The zero-order valence-corrected chi connectivity index (χ0v) is 13.5. The minimum Gasteiger partial charge on any atom is -0.465 e. The number of esters is 1. The molecule has 0 rings (SSSR count). The lowest BCUT2D eigenvalue weighted by molar-refractivity contribution is -0.149. The lowest BCUT2D eigenvalue weighted by Crippen LogP contribution is -2.17. The highest BCUT2D eigenvalue weighted by Crippen LogP contribution is 2.16. The molecule has 0 aliphatic carbocycles. The van der Waals surface area contributed by atoms with Crippen molar-refractivity contribution in [3.05, 3.63) is 0 Å². The topological polar surface area (TPSA) is 26.3 Å². The first-order chi connectivity index (χ1) is 9.11. The van der Waals surface area contributed by atoms with Crippen molar-refractivity contribution in [2.75, 3.05) is 6.61 Å². The van der Waals surface area contributed by atoms with Crippen LogP contribution in [0, 0.1) is 11.8 Å². The highest BCUT2D eigenvalue weighted by Gasteiger charge is 2.17. The molecule has 0 bridgehead atoms. The number of hydrogen-bond acceptors (Lipinski definition) is 2. The molecule has 19 heavy (non-hydrogen) atoms. The maximum atomic E-state index is 11.9. The Morgan fingerprint density at radius 3 is 2.21 bits per heavy atom. The molecule has 2 nitrogen and oxygen atoms in total. The first kappa shape index (κ1) is 18.5. The lowest BCUT2D eigenvalue weighted by Gasteiger charge is -2.14. The zero-order valence-electron chi connectivity index (χ0n) is 13.5. The van der Waals surface area contributed by atoms with Crippen LogP contribution >= 0.6 is 0 Å². The number of carbonyl (C=O) groups excluding carboxylic acids is 1. The molecule has 0 aliphatic heterocycles. The van der Waals surface area contributed by atoms with Gasteiger partial charge < -0.3 is 4.74 Å². The molecule has 0 aromatic rings. The maximum absolute atomic E-state index is 11.9. The van der Waals surface area contributed by atoms with E-state index in [0.717, 1.165) is 38.0 Å². The van der Waals surface area contributed by atoms with E-state index >= 15 is 0 Å². The van der Waals surface area contributed by atoms with Gasteiger partial charge in [0.1, 0.15) is 0 Å². The van der Waals surface area contributed by atoms with Crippen LogP contribution in [-0.2, 0) is 9.53 Å². The Hall–Kier alpha value is -0.530. The standard InChI is InChI=1S/C17H34O2/c1-5-7-8-9-13-16(6-2)17(18)19-14-11-10-12-15(3)4/h15-16H,5-14H2,1-4H3. The first-order valence-electron chi connectivity index (χ1n) is 8.28. The van der Waals surface area contributed by atoms with Gasteiger partial charge in [-0.15, -0.1) is 0 Å². The van der Waals surface area contributed by atoms with Gasteiger partial charge in [0.2, 0.25) is 0 Å². The summed E-state index contributed by atoms with van der Waals surface area (Å²) in [6.45, 7) is 9.37. The molecule has 0 saturated carbocycles. The van der Waals surface area contributed by atoms with Gasteiger partial charge in [-0.3, -0.25) is 4.79 Å². The lowest BCUT2D eigenvalue weighted by atomic mass is 9.98. The van der Waals surface area contributed by atoms with Gasteiger partial charge in [-0.2, -0.15) is 0 Å². The third-order valence-electron chi connectivity index (χ3n) is 3.65. The molecular weight excluding hydrogens is 236 g/mol. The Balaban J connectivity index is 3.64. The van der Waals surface area contributed by atoms with Gasteiger partial charge in [0.05, 0.1) is 12.5 Å². The number of ether oxygens (including phenoxy) is 1. The minimum atomic E-state index is 0.0311. The van der Waals surface area contributed by atoms with Crippen LogP contribution in [0.25, 0.3) is 0 Å². The highest BCUT2D eigenvalue weighted by molar-refractivity contribution is 5.72. The van der Waals surface area contributed by atoms with Crippen molar-refractivity contribution < 1.29 is 9.53 Å². The fraction of sp³-hybridized carbons (Fsp3) is 0.941. The quantitative estimate of drug-likeness (QED) is 0.353. The van der Waals surface area contributed by atoms with Crippen molar-refractivity contribution in [2.45, 2.75) is 85.5 Å². The van der Waals surface area contributed by atoms with Crippen LogP contribution in [0.4, 0.5) is 0 Å². The van der Waals surface area contributed by atoms with Crippen LogP contribution in [0.15, 0.2) is 0 Å². The smallest absolute Gasteiger partial charge is 0.308 e. The average Bonchev–Trinajstić information content (AvgIpc) is 2.38. The van der Waals surface area contributed by atoms with E-state index in [1.807, 2.05) is 0 Å². The van der Waals surface area contributed by atoms with Crippen molar-refractivity contribution in [1.29, 1.82) is 0 Å². The first-order valence-corrected chi connectivity index (χ1v) is 8.28. The van der Waals surface area contributed by atoms with Gasteiger partial charge in [-0.1, -0.05) is 59.8 Å². The van der Waals surface area contributed by atoms with E-state index in [2.05, 4.69) is 27.7 Å². The molecule has 0 aromatic heterocycles. The molecule has 0 N–H and O–H groups in total. The summed E-state index contributed by atoms with van der Waals surface area (Å²) < 4.78 is 5.39.